The van der Waals surface area contributed by atoms with Gasteiger partial charge in [0.05, 0.1) is 12.6 Å². The molecular weight excluding hydrogens is 200 g/mol. The summed E-state index contributed by atoms with van der Waals surface area (Å²) in [6.45, 7) is 1.29. The van der Waals surface area contributed by atoms with Gasteiger partial charge in [0, 0.05) is 0 Å². The molecule has 0 aliphatic carbocycles. The van der Waals surface area contributed by atoms with Gasteiger partial charge in [0.1, 0.15) is 17.2 Å². The van der Waals surface area contributed by atoms with Crippen LogP contribution in [-0.2, 0) is 9.59 Å². The summed E-state index contributed by atoms with van der Waals surface area (Å²) in [5, 5.41) is 8.27. The number of Topliss-reactive ketones (excluding diaryl/α,β-unsaturated/α-hetero) is 1. The number of hydrogen-bond donors (Lipinski definition) is 3. The first-order chi connectivity index (χ1) is 7.00. The smallest absolute Gasteiger partial charge is 0.254 e. The normalized spacial score (nSPS) is 9.67. The minimum Gasteiger partial charge on any atom is -0.365 e. The van der Waals surface area contributed by atoms with E-state index in [0.717, 1.165) is 0 Å². The number of H-pyrrole nitrogens is 1. The molecule has 1 heterocycles. The van der Waals surface area contributed by atoms with Crippen molar-refractivity contribution in [3.63, 3.8) is 0 Å². The number of rotatable bonds is 4. The Labute approximate surface area is 85.0 Å². The molecule has 1 aromatic rings. The Hall–Kier alpha value is -2.18. The first-order valence-corrected chi connectivity index (χ1v) is 4.13. The van der Waals surface area contributed by atoms with Gasteiger partial charge in [-0.3, -0.25) is 19.5 Å². The highest BCUT2D eigenvalue weighted by atomic mass is 16.2. The second-order valence-electron chi connectivity index (χ2n) is 2.95. The van der Waals surface area contributed by atoms with E-state index in [1.54, 1.807) is 0 Å². The van der Waals surface area contributed by atoms with Crippen LogP contribution in [0.25, 0.3) is 0 Å². The average Bonchev–Trinajstić information content (AvgIpc) is 2.50. The molecule has 0 fully saturated rings. The van der Waals surface area contributed by atoms with Crippen LogP contribution in [0.1, 0.15) is 23.7 Å². The van der Waals surface area contributed by atoms with Crippen molar-refractivity contribution < 1.29 is 14.4 Å². The first-order valence-electron chi connectivity index (χ1n) is 4.13. The van der Waals surface area contributed by atoms with E-state index in [1.807, 2.05) is 0 Å². The highest BCUT2D eigenvalue weighted by Crippen LogP contribution is 2.09. The van der Waals surface area contributed by atoms with E-state index in [0.29, 0.717) is 0 Å². The Kier molecular flexibility index (Phi) is 3.17. The third kappa shape index (κ3) is 2.90. The van der Waals surface area contributed by atoms with Crippen LogP contribution in [0, 0.1) is 0 Å². The number of primary amides is 1. The second kappa shape index (κ2) is 4.36. The van der Waals surface area contributed by atoms with Crippen molar-refractivity contribution in [3.8, 4) is 0 Å². The molecule has 1 aromatic heterocycles. The van der Waals surface area contributed by atoms with Crippen molar-refractivity contribution >= 4 is 23.4 Å². The molecule has 0 aliphatic rings. The van der Waals surface area contributed by atoms with Gasteiger partial charge in [-0.15, -0.1) is 0 Å². The number of carbonyl (C=O) groups is 3. The first kappa shape index (κ1) is 10.9. The zero-order valence-corrected chi connectivity index (χ0v) is 8.03. The van der Waals surface area contributed by atoms with Gasteiger partial charge in [0.15, 0.2) is 0 Å². The maximum atomic E-state index is 11.2. The predicted octanol–water partition coefficient (Wildman–Crippen LogP) is -0.574. The maximum Gasteiger partial charge on any atom is 0.254 e. The minimum atomic E-state index is -0.707. The zero-order valence-electron chi connectivity index (χ0n) is 8.03. The van der Waals surface area contributed by atoms with Gasteiger partial charge < -0.3 is 11.1 Å². The lowest BCUT2D eigenvalue weighted by Gasteiger charge is -2.01. The molecule has 0 aliphatic heterocycles. The van der Waals surface area contributed by atoms with Gasteiger partial charge in [0.2, 0.25) is 5.91 Å². The van der Waals surface area contributed by atoms with Crippen molar-refractivity contribution in [1.82, 2.24) is 10.2 Å². The van der Waals surface area contributed by atoms with Gasteiger partial charge in [-0.05, 0) is 6.92 Å². The number of nitrogens with one attached hydrogen (secondary N) is 2. The number of carbonyl (C=O) groups excluding carboxylic acids is 3. The summed E-state index contributed by atoms with van der Waals surface area (Å²) >= 11 is 0. The molecular formula is C8H10N4O3. The Balaban J connectivity index is 2.72. The molecule has 7 nitrogen and oxygen atoms in total. The van der Waals surface area contributed by atoms with Crippen LogP contribution in [0.4, 0.5) is 5.82 Å². The van der Waals surface area contributed by atoms with Crippen LogP contribution in [0.5, 0.6) is 0 Å². The van der Waals surface area contributed by atoms with E-state index in [4.69, 9.17) is 5.73 Å². The molecule has 7 heteroatoms. The van der Waals surface area contributed by atoms with Gasteiger partial charge in [-0.2, -0.15) is 5.10 Å². The predicted molar refractivity (Wildman–Crippen MR) is 51.0 cm³/mol. The second-order valence-corrected chi connectivity index (χ2v) is 2.95. The Bertz CT molecular complexity index is 410. The lowest BCUT2D eigenvalue weighted by atomic mass is 10.3. The van der Waals surface area contributed by atoms with Gasteiger partial charge in [-0.25, -0.2) is 0 Å². The Morgan fingerprint density at radius 1 is 1.53 bits per heavy atom. The van der Waals surface area contributed by atoms with Crippen molar-refractivity contribution in [3.05, 3.63) is 11.8 Å². The average molecular weight is 210 g/mol. The molecule has 0 saturated heterocycles. The topological polar surface area (TPSA) is 118 Å². The fourth-order valence-electron chi connectivity index (χ4n) is 0.978. The van der Waals surface area contributed by atoms with Crippen LogP contribution in [-0.4, -0.2) is 27.8 Å². The molecule has 0 spiro atoms. The number of hydrogen-bond acceptors (Lipinski definition) is 4. The molecule has 0 aromatic carbocycles. The quantitative estimate of drug-likeness (QED) is 0.576. The molecule has 15 heavy (non-hydrogen) atoms. The third-order valence-corrected chi connectivity index (χ3v) is 1.58. The van der Waals surface area contributed by atoms with Crippen molar-refractivity contribution in [1.29, 1.82) is 0 Å². The summed E-state index contributed by atoms with van der Waals surface area (Å²) in [5.74, 6) is -1.39. The SMILES string of the molecule is CC(=O)CC(=O)Nc1[nH]ncc1C(N)=O. The molecule has 0 atom stereocenters. The van der Waals surface area contributed by atoms with E-state index in [9.17, 15) is 14.4 Å². The summed E-state index contributed by atoms with van der Waals surface area (Å²) < 4.78 is 0. The van der Waals surface area contributed by atoms with Crippen LogP contribution in [0.2, 0.25) is 0 Å². The summed E-state index contributed by atoms with van der Waals surface area (Å²) in [6.07, 6.45) is 0.947. The van der Waals surface area contributed by atoms with E-state index in [-0.39, 0.29) is 23.6 Å². The largest absolute Gasteiger partial charge is 0.365 e. The third-order valence-electron chi connectivity index (χ3n) is 1.58. The van der Waals surface area contributed by atoms with Gasteiger partial charge in [-0.1, -0.05) is 0 Å². The maximum absolute atomic E-state index is 11.2. The molecule has 80 valence electrons. The molecule has 0 bridgehead atoms. The molecule has 0 saturated carbocycles. The zero-order chi connectivity index (χ0) is 11.4. The fraction of sp³-hybridized carbons (Fsp3) is 0.250. The summed E-state index contributed by atoms with van der Waals surface area (Å²) in [6, 6.07) is 0. The van der Waals surface area contributed by atoms with Crippen LogP contribution >= 0.6 is 0 Å². The Morgan fingerprint density at radius 2 is 2.20 bits per heavy atom. The number of nitrogens with two attached hydrogens (primary N) is 1. The number of ketones is 1. The molecule has 0 radical (unpaired) electrons. The summed E-state index contributed by atoms with van der Waals surface area (Å²) in [7, 11) is 0. The number of amides is 2. The van der Waals surface area contributed by atoms with E-state index in [1.165, 1.54) is 13.1 Å². The van der Waals surface area contributed by atoms with Gasteiger partial charge >= 0.3 is 0 Å². The minimum absolute atomic E-state index is 0.0758. The van der Waals surface area contributed by atoms with Crippen LogP contribution in [0.3, 0.4) is 0 Å². The fourth-order valence-corrected chi connectivity index (χ4v) is 0.978. The molecule has 2 amide bonds. The van der Waals surface area contributed by atoms with E-state index < -0.39 is 11.8 Å². The summed E-state index contributed by atoms with van der Waals surface area (Å²) in [5.41, 5.74) is 5.09. The number of aromatic amines is 1. The van der Waals surface area contributed by atoms with E-state index in [2.05, 4.69) is 15.5 Å². The van der Waals surface area contributed by atoms with Gasteiger partial charge in [0.25, 0.3) is 5.91 Å². The monoisotopic (exact) mass is 210 g/mol. The Morgan fingerprint density at radius 3 is 2.73 bits per heavy atom. The van der Waals surface area contributed by atoms with Crippen molar-refractivity contribution in [2.45, 2.75) is 13.3 Å². The number of aromatic nitrogens is 2. The molecule has 1 rings (SSSR count). The lowest BCUT2D eigenvalue weighted by molar-refractivity contribution is -0.124. The van der Waals surface area contributed by atoms with Crippen LogP contribution in [0.15, 0.2) is 6.20 Å². The number of anilines is 1. The number of nitrogens with zero attached hydrogens (tertiary/aromatic N) is 1. The van der Waals surface area contributed by atoms with Crippen molar-refractivity contribution in [2.75, 3.05) is 5.32 Å². The van der Waals surface area contributed by atoms with Crippen LogP contribution < -0.4 is 11.1 Å². The van der Waals surface area contributed by atoms with E-state index >= 15 is 0 Å². The lowest BCUT2D eigenvalue weighted by Crippen LogP contribution is -2.18. The summed E-state index contributed by atoms with van der Waals surface area (Å²) in [4.78, 5) is 32.6. The standard InChI is InChI=1S/C8H10N4O3/c1-4(13)2-6(14)11-8-5(7(9)15)3-10-12-8/h3H,2H2,1H3,(H2,9,15)(H2,10,11,12,14). The van der Waals surface area contributed by atoms with Crippen molar-refractivity contribution in [2.24, 2.45) is 5.73 Å². The molecule has 4 N–H and O–H groups in total. The highest BCUT2D eigenvalue weighted by molar-refractivity contribution is 6.06. The molecule has 0 unspecified atom stereocenters. The highest BCUT2D eigenvalue weighted by Gasteiger charge is 2.13.